The Kier molecular flexibility index (Phi) is 7.18. The third kappa shape index (κ3) is 5.52. The first-order valence-corrected chi connectivity index (χ1v) is 12.1. The number of hydrogen-bond donors (Lipinski definition) is 3. The fourth-order valence-electron chi connectivity index (χ4n) is 4.08. The molecule has 4 aromatic rings. The summed E-state index contributed by atoms with van der Waals surface area (Å²) in [5.74, 6) is 0.447. The molecule has 2 aromatic carbocycles. The lowest BCUT2D eigenvalue weighted by Crippen LogP contribution is -2.27. The highest BCUT2D eigenvalue weighted by atomic mass is 35.5. The summed E-state index contributed by atoms with van der Waals surface area (Å²) in [5.41, 5.74) is 4.42. The van der Waals surface area contributed by atoms with Crippen LogP contribution in [0.5, 0.6) is 0 Å². The predicted molar refractivity (Wildman–Crippen MR) is 140 cm³/mol. The van der Waals surface area contributed by atoms with E-state index in [1.807, 2.05) is 18.3 Å². The number of H-pyrrole nitrogens is 1. The highest BCUT2D eigenvalue weighted by Crippen LogP contribution is 2.28. The van der Waals surface area contributed by atoms with Gasteiger partial charge in [0.05, 0.1) is 23.6 Å². The number of amides is 1. The van der Waals surface area contributed by atoms with Gasteiger partial charge in [-0.2, -0.15) is 4.68 Å². The molecule has 0 radical (unpaired) electrons. The Morgan fingerprint density at radius 2 is 2.11 bits per heavy atom. The maximum atomic E-state index is 13.0. The number of carbonyl (C=O) groups is 1. The minimum atomic E-state index is -0.314. The van der Waals surface area contributed by atoms with E-state index < -0.39 is 0 Å². The van der Waals surface area contributed by atoms with Crippen molar-refractivity contribution >= 4 is 29.3 Å². The molecular formula is C26H25ClN8O. The number of benzene rings is 2. The Morgan fingerprint density at radius 3 is 3.00 bits per heavy atom. The smallest absolute Gasteiger partial charge is 0.244 e. The molecular weight excluding hydrogens is 476 g/mol. The lowest BCUT2D eigenvalue weighted by atomic mass is 10.1. The van der Waals surface area contributed by atoms with Gasteiger partial charge < -0.3 is 15.6 Å². The van der Waals surface area contributed by atoms with E-state index in [0.717, 1.165) is 36.3 Å². The van der Waals surface area contributed by atoms with Crippen molar-refractivity contribution in [2.24, 2.45) is 0 Å². The van der Waals surface area contributed by atoms with Crippen LogP contribution in [0.15, 0.2) is 73.2 Å². The molecule has 1 aliphatic rings. The van der Waals surface area contributed by atoms with Crippen molar-refractivity contribution < 1.29 is 4.79 Å². The molecule has 1 amide bonds. The maximum Gasteiger partial charge on any atom is 0.244 e. The van der Waals surface area contributed by atoms with E-state index in [0.29, 0.717) is 28.5 Å². The van der Waals surface area contributed by atoms with Crippen LogP contribution in [0.25, 0.3) is 23.0 Å². The monoisotopic (exact) mass is 500 g/mol. The molecule has 5 rings (SSSR count). The number of imidazole rings is 1. The number of nitrogens with zero attached hydrogens (tertiary/aromatic N) is 5. The summed E-state index contributed by atoms with van der Waals surface area (Å²) in [6.45, 7) is 0.878. The van der Waals surface area contributed by atoms with Gasteiger partial charge >= 0.3 is 0 Å². The van der Waals surface area contributed by atoms with Crippen LogP contribution in [-0.2, 0) is 4.79 Å². The van der Waals surface area contributed by atoms with E-state index in [4.69, 9.17) is 11.6 Å². The molecule has 0 fully saturated rings. The number of carbonyl (C=O) groups excluding carboxylic acids is 1. The summed E-state index contributed by atoms with van der Waals surface area (Å²) in [6.07, 6.45) is 13.3. The average molecular weight is 501 g/mol. The maximum absolute atomic E-state index is 13.0. The molecule has 2 bridgehead atoms. The number of aromatic nitrogens is 6. The highest BCUT2D eigenvalue weighted by molar-refractivity contribution is 6.30. The fraction of sp³-hybridized carbons (Fsp3) is 0.192. The molecule has 3 N–H and O–H groups in total. The van der Waals surface area contributed by atoms with Gasteiger partial charge in [0.15, 0.2) is 0 Å². The van der Waals surface area contributed by atoms with Crippen LogP contribution in [0.3, 0.4) is 0 Å². The standard InChI is InChI=1S/C26H25ClN8O/c27-19-11-12-24(35-17-30-33-34-35)18(15-19)10-13-25(36)31-22-9-3-1-2-6-14-28-21-8-5-4-7-20(21)23-16-29-26(22)32-23/h1,3-5,7-8,10-13,15-17,22,28H,2,6,9,14H2,(H,29,32)(H,31,36)/b3-1+,13-10+/t22-/m0/s1. The minimum Gasteiger partial charge on any atom is -0.384 e. The Labute approximate surface area is 213 Å². The van der Waals surface area contributed by atoms with E-state index in [9.17, 15) is 4.79 Å². The zero-order chi connectivity index (χ0) is 24.7. The van der Waals surface area contributed by atoms with Crippen LogP contribution in [-0.4, -0.2) is 42.6 Å². The second kappa shape index (κ2) is 11.0. The summed E-state index contributed by atoms with van der Waals surface area (Å²) < 4.78 is 1.52. The minimum absolute atomic E-state index is 0.250. The van der Waals surface area contributed by atoms with Crippen molar-refractivity contribution in [3.05, 3.63) is 89.6 Å². The van der Waals surface area contributed by atoms with E-state index in [2.05, 4.69) is 60.4 Å². The van der Waals surface area contributed by atoms with Crippen molar-refractivity contribution in [3.8, 4) is 16.9 Å². The molecule has 3 heterocycles. The summed E-state index contributed by atoms with van der Waals surface area (Å²) >= 11 is 6.19. The second-order valence-corrected chi connectivity index (χ2v) is 8.79. The lowest BCUT2D eigenvalue weighted by molar-refractivity contribution is -0.117. The van der Waals surface area contributed by atoms with Gasteiger partial charge in [0, 0.05) is 34.5 Å². The largest absolute Gasteiger partial charge is 0.384 e. The van der Waals surface area contributed by atoms with Gasteiger partial charge in [-0.05, 0) is 60.0 Å². The topological polar surface area (TPSA) is 113 Å². The first kappa shape index (κ1) is 23.5. The quantitative estimate of drug-likeness (QED) is 0.276. The van der Waals surface area contributed by atoms with Gasteiger partial charge in [-0.3, -0.25) is 4.79 Å². The van der Waals surface area contributed by atoms with Crippen molar-refractivity contribution in [3.63, 3.8) is 0 Å². The molecule has 0 aliphatic carbocycles. The number of halogens is 1. The summed E-state index contributed by atoms with van der Waals surface area (Å²) in [7, 11) is 0. The normalized spacial score (nSPS) is 16.8. The van der Waals surface area contributed by atoms with Crippen LogP contribution < -0.4 is 10.6 Å². The molecule has 9 nitrogen and oxygen atoms in total. The van der Waals surface area contributed by atoms with Gasteiger partial charge in [0.2, 0.25) is 5.91 Å². The molecule has 0 spiro atoms. The molecule has 36 heavy (non-hydrogen) atoms. The Morgan fingerprint density at radius 1 is 1.19 bits per heavy atom. The number of fused-ring (bicyclic) bond motifs is 4. The molecule has 182 valence electrons. The zero-order valence-electron chi connectivity index (χ0n) is 19.4. The van der Waals surface area contributed by atoms with Crippen molar-refractivity contribution in [2.75, 3.05) is 11.9 Å². The number of nitrogens with one attached hydrogen (secondary N) is 3. The average Bonchev–Trinajstić information content (AvgIpc) is 3.59. The van der Waals surface area contributed by atoms with Crippen molar-refractivity contribution in [1.82, 2.24) is 35.5 Å². The van der Waals surface area contributed by atoms with Crippen LogP contribution in [0.2, 0.25) is 5.02 Å². The molecule has 0 saturated carbocycles. The Hall–Kier alpha value is -4.24. The molecule has 0 saturated heterocycles. The summed E-state index contributed by atoms with van der Waals surface area (Å²) in [4.78, 5) is 21.0. The van der Waals surface area contributed by atoms with Crippen molar-refractivity contribution in [1.29, 1.82) is 0 Å². The van der Waals surface area contributed by atoms with Crippen molar-refractivity contribution in [2.45, 2.75) is 25.3 Å². The molecule has 2 aromatic heterocycles. The van der Waals surface area contributed by atoms with E-state index in [-0.39, 0.29) is 11.9 Å². The molecule has 1 atom stereocenters. The third-order valence-electron chi connectivity index (χ3n) is 5.86. The number of tetrazole rings is 1. The number of hydrogen-bond acceptors (Lipinski definition) is 6. The molecule has 1 aliphatic heterocycles. The van der Waals surface area contributed by atoms with Gasteiger partial charge in [0.1, 0.15) is 12.2 Å². The summed E-state index contributed by atoms with van der Waals surface area (Å²) in [5, 5.41) is 18.4. The van der Waals surface area contributed by atoms with Crippen LogP contribution in [0.1, 0.15) is 36.7 Å². The van der Waals surface area contributed by atoms with E-state index in [1.165, 1.54) is 17.1 Å². The van der Waals surface area contributed by atoms with E-state index >= 15 is 0 Å². The Balaban J connectivity index is 1.38. The number of allylic oxidation sites excluding steroid dienone is 1. The molecule has 10 heteroatoms. The van der Waals surface area contributed by atoms with E-state index in [1.54, 1.807) is 24.3 Å². The number of anilines is 1. The Bertz CT molecular complexity index is 1390. The molecule has 0 unspecified atom stereocenters. The SMILES string of the molecule is O=C(/C=C/c1cc(Cl)ccc1-n1cnnn1)N[C@H]1C/C=C/CCCNc2ccccc2-c2cnc1[nH]2. The van der Waals surface area contributed by atoms with Gasteiger partial charge in [-0.1, -0.05) is 42.0 Å². The van der Waals surface area contributed by atoms with Gasteiger partial charge in [-0.25, -0.2) is 4.98 Å². The first-order valence-electron chi connectivity index (χ1n) is 11.7. The van der Waals surface area contributed by atoms with Gasteiger partial charge in [0.25, 0.3) is 0 Å². The first-order chi connectivity index (χ1) is 17.7. The highest BCUT2D eigenvalue weighted by Gasteiger charge is 2.18. The predicted octanol–water partition coefficient (Wildman–Crippen LogP) is 4.73. The van der Waals surface area contributed by atoms with Crippen LogP contribution in [0, 0.1) is 0 Å². The number of rotatable bonds is 4. The summed E-state index contributed by atoms with van der Waals surface area (Å²) in [6, 6.07) is 13.1. The third-order valence-corrected chi connectivity index (χ3v) is 6.10. The zero-order valence-corrected chi connectivity index (χ0v) is 20.2. The fourth-order valence-corrected chi connectivity index (χ4v) is 4.26. The van der Waals surface area contributed by atoms with Crippen LogP contribution in [0.4, 0.5) is 5.69 Å². The number of aromatic amines is 1. The second-order valence-electron chi connectivity index (χ2n) is 8.36. The van der Waals surface area contributed by atoms with Crippen LogP contribution >= 0.6 is 11.6 Å². The lowest BCUT2D eigenvalue weighted by Gasteiger charge is -2.14. The number of para-hydroxylation sites is 1. The van der Waals surface area contributed by atoms with Gasteiger partial charge in [-0.15, -0.1) is 5.10 Å².